The molecule has 9 heteroatoms. The van der Waals surface area contributed by atoms with Crippen LogP contribution in [-0.4, -0.2) is 87.5 Å². The minimum absolute atomic E-state index is 0.168. The van der Waals surface area contributed by atoms with E-state index in [9.17, 15) is 30.3 Å². The minimum Gasteiger partial charge on any atom is -0.394 e. The average Bonchev–Trinajstić information content (AvgIpc) is 2.28. The molecule has 9 nitrogen and oxygen atoms in total. The summed E-state index contributed by atoms with van der Waals surface area (Å²) in [5.41, 5.74) is 0. The van der Waals surface area contributed by atoms with Gasteiger partial charge in [0.05, 0.1) is 25.4 Å². The van der Waals surface area contributed by atoms with Gasteiger partial charge in [0.2, 0.25) is 5.91 Å². The number of carbonyl (C=O) groups excluding carboxylic acids is 1. The maximum absolute atomic E-state index is 13.2. The van der Waals surface area contributed by atoms with Crippen LogP contribution in [0, 0.1) is 0 Å². The first kappa shape index (κ1) is 85.4. The molecular formula is C80H153NO8. The van der Waals surface area contributed by atoms with Gasteiger partial charge in [0.1, 0.15) is 24.4 Å². The number of unbranched alkanes of at least 4 members (excludes halogenated alkanes) is 57. The number of nitrogens with one attached hydrogen (secondary N) is 1. The summed E-state index contributed by atoms with van der Waals surface area (Å²) in [5, 5.41) is 54.9. The molecule has 526 valence electrons. The van der Waals surface area contributed by atoms with Crippen molar-refractivity contribution in [2.45, 2.75) is 455 Å². The molecule has 89 heavy (non-hydrogen) atoms. The zero-order valence-electron chi connectivity index (χ0n) is 59.2. The van der Waals surface area contributed by atoms with E-state index in [-0.39, 0.29) is 12.5 Å². The van der Waals surface area contributed by atoms with Crippen LogP contribution in [0.2, 0.25) is 0 Å². The highest BCUT2D eigenvalue weighted by atomic mass is 16.7. The third kappa shape index (κ3) is 57.6. The first-order valence-corrected chi connectivity index (χ1v) is 39.7. The molecule has 1 saturated heterocycles. The summed E-state index contributed by atoms with van der Waals surface area (Å²) >= 11 is 0. The quantitative estimate of drug-likeness (QED) is 0.0261. The second kappa shape index (κ2) is 69.2. The molecule has 1 aliphatic heterocycles. The van der Waals surface area contributed by atoms with Crippen LogP contribution in [0.25, 0.3) is 0 Å². The molecule has 1 amide bonds. The predicted octanol–water partition coefficient (Wildman–Crippen LogP) is 22.5. The number of carbonyl (C=O) groups is 1. The molecule has 0 bridgehead atoms. The molecule has 0 spiro atoms. The summed E-state index contributed by atoms with van der Waals surface area (Å²) in [5.74, 6) is -0.168. The number of ether oxygens (including phenoxy) is 2. The lowest BCUT2D eigenvalue weighted by Gasteiger charge is -2.40. The lowest BCUT2D eigenvalue weighted by molar-refractivity contribution is -0.302. The number of hydrogen-bond acceptors (Lipinski definition) is 8. The number of aliphatic hydroxyl groups excluding tert-OH is 5. The molecule has 0 radical (unpaired) electrons. The largest absolute Gasteiger partial charge is 0.394 e. The number of rotatable bonds is 71. The van der Waals surface area contributed by atoms with E-state index in [1.54, 1.807) is 6.08 Å². The van der Waals surface area contributed by atoms with Gasteiger partial charge in [-0.1, -0.05) is 391 Å². The number of aliphatic hydroxyl groups is 5. The van der Waals surface area contributed by atoms with Crippen molar-refractivity contribution in [3.63, 3.8) is 0 Å². The van der Waals surface area contributed by atoms with Crippen molar-refractivity contribution in [1.29, 1.82) is 0 Å². The molecule has 7 atom stereocenters. The van der Waals surface area contributed by atoms with Crippen LogP contribution >= 0.6 is 0 Å². The highest BCUT2D eigenvalue weighted by Gasteiger charge is 2.44. The van der Waals surface area contributed by atoms with Crippen LogP contribution in [0.15, 0.2) is 36.5 Å². The fourth-order valence-electron chi connectivity index (χ4n) is 13.0. The van der Waals surface area contributed by atoms with E-state index in [1.165, 1.54) is 347 Å². The van der Waals surface area contributed by atoms with Gasteiger partial charge in [-0.15, -0.1) is 0 Å². The first-order valence-electron chi connectivity index (χ1n) is 39.7. The summed E-state index contributed by atoms with van der Waals surface area (Å²) < 4.78 is 11.4. The van der Waals surface area contributed by atoms with E-state index in [2.05, 4.69) is 43.5 Å². The fraction of sp³-hybridized carbons (Fsp3) is 0.912. The van der Waals surface area contributed by atoms with Crippen molar-refractivity contribution in [1.82, 2.24) is 5.32 Å². The number of allylic oxidation sites excluding steroid dienone is 5. The normalized spacial score (nSPS) is 17.9. The van der Waals surface area contributed by atoms with Crippen LogP contribution in [0.1, 0.15) is 412 Å². The molecule has 1 rings (SSSR count). The zero-order chi connectivity index (χ0) is 64.2. The molecule has 0 aromatic carbocycles. The number of hydrogen-bond donors (Lipinski definition) is 6. The van der Waals surface area contributed by atoms with Gasteiger partial charge in [0.25, 0.3) is 0 Å². The second-order valence-electron chi connectivity index (χ2n) is 27.9. The van der Waals surface area contributed by atoms with Gasteiger partial charge >= 0.3 is 0 Å². The fourth-order valence-corrected chi connectivity index (χ4v) is 13.0. The highest BCUT2D eigenvalue weighted by Crippen LogP contribution is 2.24. The third-order valence-corrected chi connectivity index (χ3v) is 19.2. The van der Waals surface area contributed by atoms with Gasteiger partial charge < -0.3 is 40.3 Å². The second-order valence-corrected chi connectivity index (χ2v) is 27.9. The van der Waals surface area contributed by atoms with E-state index in [0.717, 1.165) is 44.9 Å². The predicted molar refractivity (Wildman–Crippen MR) is 383 cm³/mol. The maximum atomic E-state index is 13.2. The Kier molecular flexibility index (Phi) is 66.5. The van der Waals surface area contributed by atoms with Crippen LogP contribution in [0.3, 0.4) is 0 Å². The van der Waals surface area contributed by atoms with Gasteiger partial charge in [-0.05, 0) is 51.4 Å². The summed E-state index contributed by atoms with van der Waals surface area (Å²) in [4.78, 5) is 13.2. The Labute approximate surface area is 552 Å². The van der Waals surface area contributed by atoms with Crippen molar-refractivity contribution in [2.75, 3.05) is 13.2 Å². The average molecular weight is 1260 g/mol. The van der Waals surface area contributed by atoms with Gasteiger partial charge in [-0.3, -0.25) is 4.79 Å². The molecule has 1 heterocycles. The van der Waals surface area contributed by atoms with E-state index >= 15 is 0 Å². The standard InChI is InChI=1S/C80H153NO8/c1-3-5-7-9-11-13-15-17-19-21-23-25-27-29-31-33-35-37-39-41-43-45-47-49-51-53-55-57-59-61-63-65-67-69-74(83)73(72-88-80-79(87)78(86)77(85)75(71-82)89-80)81-76(84)70-68-66-64-62-60-58-56-54-52-50-48-46-44-42-40-38-36-34-32-30-28-26-24-22-20-18-16-14-12-10-8-6-4-2/h16,18,22,24,67,69,73-75,77-80,82-83,85-87H,3-15,17,19-21,23,25-66,68,70-72H2,1-2H3,(H,81,84)/b18-16-,24-22-,69-67+. The maximum Gasteiger partial charge on any atom is 0.220 e. The zero-order valence-corrected chi connectivity index (χ0v) is 59.2. The van der Waals surface area contributed by atoms with Crippen molar-refractivity contribution in [2.24, 2.45) is 0 Å². The molecule has 0 aromatic heterocycles. The Morgan fingerprint density at radius 2 is 0.663 bits per heavy atom. The van der Waals surface area contributed by atoms with E-state index in [0.29, 0.717) is 6.42 Å². The Hall–Kier alpha value is -1.59. The van der Waals surface area contributed by atoms with Crippen molar-refractivity contribution < 1.29 is 39.8 Å². The molecule has 0 aliphatic carbocycles. The SMILES string of the molecule is CCCCCCC/C=C\C/C=C\CCCCCCCCCCCCCCCCCCCCCCCC(=O)NC(COC1OC(CO)C(O)C(O)C1O)C(O)/C=C/CCCCCCCCCCCCCCCCCCCCCCCCCCCCCCCCC. The lowest BCUT2D eigenvalue weighted by atomic mass is 9.99. The molecule has 0 aromatic rings. The topological polar surface area (TPSA) is 149 Å². The summed E-state index contributed by atoms with van der Waals surface area (Å²) in [6, 6.07) is -0.806. The molecular weight excluding hydrogens is 1100 g/mol. The summed E-state index contributed by atoms with van der Waals surface area (Å²) in [6.07, 6.45) is 87.2. The van der Waals surface area contributed by atoms with E-state index < -0.39 is 49.5 Å². The molecule has 0 saturated carbocycles. The van der Waals surface area contributed by atoms with E-state index in [1.807, 2.05) is 6.08 Å². The smallest absolute Gasteiger partial charge is 0.220 e. The monoisotopic (exact) mass is 1260 g/mol. The lowest BCUT2D eigenvalue weighted by Crippen LogP contribution is -2.60. The Morgan fingerprint density at radius 3 is 0.966 bits per heavy atom. The number of amides is 1. The van der Waals surface area contributed by atoms with Crippen LogP contribution in [0.4, 0.5) is 0 Å². The summed E-state index contributed by atoms with van der Waals surface area (Å²) in [6.45, 7) is 3.83. The highest BCUT2D eigenvalue weighted by molar-refractivity contribution is 5.76. The van der Waals surface area contributed by atoms with Crippen LogP contribution in [0.5, 0.6) is 0 Å². The summed E-state index contributed by atoms with van der Waals surface area (Å²) in [7, 11) is 0. The van der Waals surface area contributed by atoms with Crippen LogP contribution in [-0.2, 0) is 14.3 Å². The van der Waals surface area contributed by atoms with E-state index in [4.69, 9.17) is 9.47 Å². The van der Waals surface area contributed by atoms with Gasteiger partial charge in [0.15, 0.2) is 6.29 Å². The minimum atomic E-state index is -1.57. The Morgan fingerprint density at radius 1 is 0.382 bits per heavy atom. The van der Waals surface area contributed by atoms with Crippen molar-refractivity contribution in [3.8, 4) is 0 Å². The van der Waals surface area contributed by atoms with Crippen molar-refractivity contribution in [3.05, 3.63) is 36.5 Å². The molecule has 1 fully saturated rings. The van der Waals surface area contributed by atoms with Gasteiger partial charge in [-0.25, -0.2) is 0 Å². The van der Waals surface area contributed by atoms with Gasteiger partial charge in [0, 0.05) is 6.42 Å². The van der Waals surface area contributed by atoms with Crippen LogP contribution < -0.4 is 5.32 Å². The molecule has 6 N–H and O–H groups in total. The molecule has 1 aliphatic rings. The Balaban J connectivity index is 2.07. The molecule has 7 unspecified atom stereocenters. The Bertz CT molecular complexity index is 1500. The van der Waals surface area contributed by atoms with Gasteiger partial charge in [-0.2, -0.15) is 0 Å². The third-order valence-electron chi connectivity index (χ3n) is 19.2. The van der Waals surface area contributed by atoms with Crippen molar-refractivity contribution >= 4 is 5.91 Å². The first-order chi connectivity index (χ1) is 43.8.